The molecular formula is C13H18N2O3. The van der Waals surface area contributed by atoms with E-state index in [0.717, 1.165) is 5.69 Å². The summed E-state index contributed by atoms with van der Waals surface area (Å²) >= 11 is 0. The lowest BCUT2D eigenvalue weighted by molar-refractivity contribution is -0.143. The van der Waals surface area contributed by atoms with E-state index in [1.807, 2.05) is 30.3 Å². The van der Waals surface area contributed by atoms with E-state index in [-0.39, 0.29) is 24.8 Å². The average Bonchev–Trinajstić information content (AvgIpc) is 2.36. The smallest absolute Gasteiger partial charge is 0.307 e. The number of hydrogen-bond acceptors (Lipinski definition) is 4. The fraction of sp³-hybridized carbons (Fsp3) is 0.385. The van der Waals surface area contributed by atoms with Crippen molar-refractivity contribution in [2.75, 3.05) is 25.0 Å². The summed E-state index contributed by atoms with van der Waals surface area (Å²) in [7, 11) is 0. The lowest BCUT2D eigenvalue weighted by Gasteiger charge is -2.06. The van der Waals surface area contributed by atoms with Gasteiger partial charge in [-0.25, -0.2) is 0 Å². The van der Waals surface area contributed by atoms with E-state index in [0.29, 0.717) is 13.2 Å². The minimum Gasteiger partial charge on any atom is -0.466 e. The number of amides is 1. The van der Waals surface area contributed by atoms with Crippen LogP contribution in [0.2, 0.25) is 0 Å². The van der Waals surface area contributed by atoms with Crippen molar-refractivity contribution in [3.05, 3.63) is 30.3 Å². The molecular weight excluding hydrogens is 232 g/mol. The normalized spacial score (nSPS) is 9.83. The van der Waals surface area contributed by atoms with Gasteiger partial charge in [-0.15, -0.1) is 0 Å². The van der Waals surface area contributed by atoms with Crippen LogP contribution in [-0.4, -0.2) is 31.6 Å². The van der Waals surface area contributed by atoms with E-state index in [2.05, 4.69) is 10.6 Å². The number of carbonyl (C=O) groups is 2. The van der Waals surface area contributed by atoms with Crippen molar-refractivity contribution in [3.8, 4) is 0 Å². The highest BCUT2D eigenvalue weighted by Gasteiger charge is 2.03. The number of benzene rings is 1. The Morgan fingerprint density at radius 3 is 2.61 bits per heavy atom. The number of ether oxygens (including phenoxy) is 1. The molecule has 0 aliphatic carbocycles. The minimum absolute atomic E-state index is 0.134. The molecule has 1 aromatic rings. The monoisotopic (exact) mass is 250 g/mol. The van der Waals surface area contributed by atoms with Gasteiger partial charge in [0.1, 0.15) is 0 Å². The zero-order valence-corrected chi connectivity index (χ0v) is 10.4. The van der Waals surface area contributed by atoms with Crippen molar-refractivity contribution in [2.45, 2.75) is 13.3 Å². The average molecular weight is 250 g/mol. The van der Waals surface area contributed by atoms with Crippen molar-refractivity contribution in [1.82, 2.24) is 5.32 Å². The Morgan fingerprint density at radius 1 is 1.22 bits per heavy atom. The highest BCUT2D eigenvalue weighted by molar-refractivity contribution is 5.92. The molecule has 0 radical (unpaired) electrons. The van der Waals surface area contributed by atoms with Crippen LogP contribution >= 0.6 is 0 Å². The van der Waals surface area contributed by atoms with Crippen LogP contribution in [0.3, 0.4) is 0 Å². The second kappa shape index (κ2) is 8.25. The minimum atomic E-state index is -0.256. The van der Waals surface area contributed by atoms with Gasteiger partial charge in [-0.05, 0) is 19.1 Å². The molecule has 0 atom stereocenters. The third-order valence-corrected chi connectivity index (χ3v) is 2.15. The molecule has 0 aromatic heterocycles. The van der Waals surface area contributed by atoms with Crippen molar-refractivity contribution >= 4 is 17.6 Å². The van der Waals surface area contributed by atoms with Gasteiger partial charge in [0.05, 0.1) is 19.6 Å². The Hall–Kier alpha value is -1.88. The van der Waals surface area contributed by atoms with Crippen LogP contribution in [0.1, 0.15) is 13.3 Å². The maximum atomic E-state index is 11.5. The molecule has 1 aromatic carbocycles. The standard InChI is InChI=1S/C13H18N2O3/c1-2-18-13(17)8-9-14-10-12(16)15-11-6-4-3-5-7-11/h3-7,14H,2,8-10H2,1H3,(H,15,16). The summed E-state index contributed by atoms with van der Waals surface area (Å²) in [5, 5.41) is 5.62. The first-order chi connectivity index (χ1) is 8.72. The number of esters is 1. The first-order valence-electron chi connectivity index (χ1n) is 5.93. The highest BCUT2D eigenvalue weighted by Crippen LogP contribution is 2.03. The number of carbonyl (C=O) groups excluding carboxylic acids is 2. The number of nitrogens with one attached hydrogen (secondary N) is 2. The van der Waals surface area contributed by atoms with Crippen LogP contribution < -0.4 is 10.6 Å². The van der Waals surface area contributed by atoms with Crippen LogP contribution in [0.4, 0.5) is 5.69 Å². The van der Waals surface area contributed by atoms with Crippen LogP contribution in [0.5, 0.6) is 0 Å². The Kier molecular flexibility index (Phi) is 6.50. The summed E-state index contributed by atoms with van der Waals surface area (Å²) in [6.45, 7) is 2.75. The van der Waals surface area contributed by atoms with Crippen LogP contribution in [-0.2, 0) is 14.3 Å². The summed E-state index contributed by atoms with van der Waals surface area (Å²) < 4.78 is 4.77. The fourth-order valence-electron chi connectivity index (χ4n) is 1.35. The SMILES string of the molecule is CCOC(=O)CCNCC(=O)Nc1ccccc1. The van der Waals surface area contributed by atoms with Crippen molar-refractivity contribution in [3.63, 3.8) is 0 Å². The predicted molar refractivity (Wildman–Crippen MR) is 69.2 cm³/mol. The lowest BCUT2D eigenvalue weighted by Crippen LogP contribution is -2.29. The molecule has 0 aliphatic rings. The maximum Gasteiger partial charge on any atom is 0.307 e. The van der Waals surface area contributed by atoms with Crippen molar-refractivity contribution < 1.29 is 14.3 Å². The molecule has 0 saturated carbocycles. The number of para-hydroxylation sites is 1. The van der Waals surface area contributed by atoms with Gasteiger partial charge in [-0.3, -0.25) is 9.59 Å². The highest BCUT2D eigenvalue weighted by atomic mass is 16.5. The van der Waals surface area contributed by atoms with E-state index in [9.17, 15) is 9.59 Å². The van der Waals surface area contributed by atoms with E-state index in [4.69, 9.17) is 4.74 Å². The first kappa shape index (κ1) is 14.2. The van der Waals surface area contributed by atoms with Gasteiger partial charge in [0.15, 0.2) is 0 Å². The van der Waals surface area contributed by atoms with E-state index >= 15 is 0 Å². The molecule has 5 heteroatoms. The van der Waals surface area contributed by atoms with E-state index in [1.54, 1.807) is 6.92 Å². The summed E-state index contributed by atoms with van der Waals surface area (Å²) in [6.07, 6.45) is 0.270. The number of rotatable bonds is 7. The largest absolute Gasteiger partial charge is 0.466 e. The lowest BCUT2D eigenvalue weighted by atomic mass is 10.3. The molecule has 0 heterocycles. The molecule has 98 valence electrons. The maximum absolute atomic E-state index is 11.5. The van der Waals surface area contributed by atoms with Crippen LogP contribution in [0.25, 0.3) is 0 Å². The third-order valence-electron chi connectivity index (χ3n) is 2.15. The number of hydrogen-bond donors (Lipinski definition) is 2. The van der Waals surface area contributed by atoms with E-state index < -0.39 is 0 Å². The van der Waals surface area contributed by atoms with Crippen molar-refractivity contribution in [2.24, 2.45) is 0 Å². The van der Waals surface area contributed by atoms with Gasteiger partial charge in [0.25, 0.3) is 0 Å². The second-order valence-corrected chi connectivity index (χ2v) is 3.65. The zero-order chi connectivity index (χ0) is 13.2. The summed E-state index contributed by atoms with van der Waals surface area (Å²) in [5.41, 5.74) is 0.759. The molecule has 18 heavy (non-hydrogen) atoms. The first-order valence-corrected chi connectivity index (χ1v) is 5.93. The topological polar surface area (TPSA) is 67.4 Å². The molecule has 5 nitrogen and oxygen atoms in total. The molecule has 1 rings (SSSR count). The molecule has 0 saturated heterocycles. The molecule has 1 amide bonds. The van der Waals surface area contributed by atoms with Gasteiger partial charge in [-0.1, -0.05) is 18.2 Å². The molecule has 0 bridgehead atoms. The molecule has 0 unspecified atom stereocenters. The Bertz CT molecular complexity index is 379. The molecule has 0 spiro atoms. The van der Waals surface area contributed by atoms with Gasteiger partial charge in [0, 0.05) is 12.2 Å². The molecule has 2 N–H and O–H groups in total. The third kappa shape index (κ3) is 6.00. The van der Waals surface area contributed by atoms with Crippen molar-refractivity contribution in [1.29, 1.82) is 0 Å². The summed E-state index contributed by atoms with van der Waals surface area (Å²) in [6, 6.07) is 9.22. The Morgan fingerprint density at radius 2 is 1.94 bits per heavy atom. The fourth-order valence-corrected chi connectivity index (χ4v) is 1.35. The van der Waals surface area contributed by atoms with Gasteiger partial charge in [0.2, 0.25) is 5.91 Å². The zero-order valence-electron chi connectivity index (χ0n) is 10.4. The Labute approximate surface area is 107 Å². The van der Waals surface area contributed by atoms with Gasteiger partial charge >= 0.3 is 5.97 Å². The quantitative estimate of drug-likeness (QED) is 0.563. The van der Waals surface area contributed by atoms with E-state index in [1.165, 1.54) is 0 Å². The van der Waals surface area contributed by atoms with Crippen LogP contribution in [0.15, 0.2) is 30.3 Å². The summed E-state index contributed by atoms with van der Waals surface area (Å²) in [4.78, 5) is 22.5. The second-order valence-electron chi connectivity index (χ2n) is 3.65. The number of anilines is 1. The van der Waals surface area contributed by atoms with Crippen LogP contribution in [0, 0.1) is 0 Å². The van der Waals surface area contributed by atoms with Gasteiger partial charge < -0.3 is 15.4 Å². The molecule has 0 aliphatic heterocycles. The summed E-state index contributed by atoms with van der Waals surface area (Å²) in [5.74, 6) is -0.390. The Balaban J connectivity index is 2.12. The van der Waals surface area contributed by atoms with Gasteiger partial charge in [-0.2, -0.15) is 0 Å². The molecule has 0 fully saturated rings. The predicted octanol–water partition coefficient (Wildman–Crippen LogP) is 1.17.